The molecule has 0 radical (unpaired) electrons. The Balaban J connectivity index is 2.21. The Hall–Kier alpha value is -2.24. The molecule has 0 N–H and O–H groups in total. The van der Waals surface area contributed by atoms with E-state index < -0.39 is 0 Å². The lowest BCUT2D eigenvalue weighted by Crippen LogP contribution is -2.23. The van der Waals surface area contributed by atoms with E-state index in [4.69, 9.17) is 23.2 Å². The summed E-state index contributed by atoms with van der Waals surface area (Å²) in [6, 6.07) is 12.8. The SMILES string of the molecule is CN(N=O)C1=Nc2ccc(Cl)cc2C(c2ccccc2Cl)=NC1. The van der Waals surface area contributed by atoms with Crippen molar-refractivity contribution in [2.45, 2.75) is 0 Å². The van der Waals surface area contributed by atoms with E-state index in [1.165, 1.54) is 7.05 Å². The van der Waals surface area contributed by atoms with E-state index in [-0.39, 0.29) is 6.54 Å². The van der Waals surface area contributed by atoms with E-state index in [1.807, 2.05) is 18.2 Å². The Morgan fingerprint density at radius 2 is 1.91 bits per heavy atom. The van der Waals surface area contributed by atoms with Crippen LogP contribution in [-0.2, 0) is 0 Å². The molecule has 2 aromatic carbocycles. The van der Waals surface area contributed by atoms with Gasteiger partial charge in [-0.1, -0.05) is 41.4 Å². The molecule has 23 heavy (non-hydrogen) atoms. The molecule has 1 aliphatic heterocycles. The first-order valence-electron chi connectivity index (χ1n) is 6.84. The van der Waals surface area contributed by atoms with Crippen molar-refractivity contribution in [3.63, 3.8) is 0 Å². The van der Waals surface area contributed by atoms with E-state index in [1.54, 1.807) is 24.3 Å². The smallest absolute Gasteiger partial charge is 0.150 e. The van der Waals surface area contributed by atoms with Crippen LogP contribution in [0.5, 0.6) is 0 Å². The van der Waals surface area contributed by atoms with Crippen molar-refractivity contribution in [2.75, 3.05) is 13.6 Å². The molecule has 1 heterocycles. The Kier molecular flexibility index (Phi) is 4.41. The van der Waals surface area contributed by atoms with Crippen LogP contribution < -0.4 is 0 Å². The van der Waals surface area contributed by atoms with Crippen LogP contribution in [0.15, 0.2) is 57.7 Å². The van der Waals surface area contributed by atoms with Gasteiger partial charge >= 0.3 is 0 Å². The summed E-state index contributed by atoms with van der Waals surface area (Å²) < 4.78 is 0. The van der Waals surface area contributed by atoms with Gasteiger partial charge in [0.05, 0.1) is 23.2 Å². The van der Waals surface area contributed by atoms with Crippen molar-refractivity contribution in [1.29, 1.82) is 0 Å². The van der Waals surface area contributed by atoms with Crippen LogP contribution in [0.25, 0.3) is 0 Å². The molecule has 0 unspecified atom stereocenters. The number of likely N-dealkylation sites (N-methyl/N-ethyl adjacent to an activating group) is 1. The first kappa shape index (κ1) is 15.6. The molecule has 0 atom stereocenters. The molecule has 0 amide bonds. The van der Waals surface area contributed by atoms with Gasteiger partial charge in [-0.2, -0.15) is 0 Å². The van der Waals surface area contributed by atoms with Crippen molar-refractivity contribution in [1.82, 2.24) is 5.01 Å². The van der Waals surface area contributed by atoms with E-state index >= 15 is 0 Å². The number of halogens is 2. The zero-order valence-corrected chi connectivity index (χ0v) is 13.7. The highest BCUT2D eigenvalue weighted by atomic mass is 35.5. The zero-order valence-electron chi connectivity index (χ0n) is 12.2. The van der Waals surface area contributed by atoms with E-state index in [9.17, 15) is 4.91 Å². The molecule has 0 aliphatic carbocycles. The van der Waals surface area contributed by atoms with Gasteiger partial charge < -0.3 is 0 Å². The Morgan fingerprint density at radius 1 is 1.13 bits per heavy atom. The summed E-state index contributed by atoms with van der Waals surface area (Å²) in [6.45, 7) is 0.217. The van der Waals surface area contributed by atoms with Crippen molar-refractivity contribution in [3.8, 4) is 0 Å². The average Bonchev–Trinajstić information content (AvgIpc) is 2.74. The van der Waals surface area contributed by atoms with Gasteiger partial charge in [0.15, 0.2) is 0 Å². The molecule has 2 aromatic rings. The number of rotatable bonds is 2. The molecule has 0 fully saturated rings. The van der Waals surface area contributed by atoms with Gasteiger partial charge in [0.25, 0.3) is 0 Å². The standard InChI is InChI=1S/C16H12Cl2N4O/c1-22(21-23)15-9-19-16(11-4-2-3-5-13(11)18)12-8-10(17)6-7-14(12)20-15/h2-8H,9H2,1H3. The molecule has 7 heteroatoms. The van der Waals surface area contributed by atoms with Crippen LogP contribution in [0.2, 0.25) is 10.0 Å². The van der Waals surface area contributed by atoms with Gasteiger partial charge in [0, 0.05) is 28.2 Å². The Bertz CT molecular complexity index is 833. The average molecular weight is 347 g/mol. The molecule has 0 bridgehead atoms. The summed E-state index contributed by atoms with van der Waals surface area (Å²) >= 11 is 12.4. The van der Waals surface area contributed by atoms with Crippen molar-refractivity contribution < 1.29 is 0 Å². The fourth-order valence-corrected chi connectivity index (χ4v) is 2.71. The summed E-state index contributed by atoms with van der Waals surface area (Å²) in [6.07, 6.45) is 0. The van der Waals surface area contributed by atoms with E-state index in [2.05, 4.69) is 15.3 Å². The second kappa shape index (κ2) is 6.48. The molecule has 0 saturated heterocycles. The third-order valence-corrected chi connectivity index (χ3v) is 4.03. The summed E-state index contributed by atoms with van der Waals surface area (Å²) in [5, 5.41) is 5.21. The number of amidine groups is 1. The maximum absolute atomic E-state index is 10.8. The minimum atomic E-state index is 0.217. The van der Waals surface area contributed by atoms with Crippen LogP contribution >= 0.6 is 23.2 Å². The van der Waals surface area contributed by atoms with Crippen LogP contribution in [0.3, 0.4) is 0 Å². The van der Waals surface area contributed by atoms with Crippen molar-refractivity contribution in [3.05, 3.63) is 68.5 Å². The zero-order chi connectivity index (χ0) is 16.4. The fraction of sp³-hybridized carbons (Fsp3) is 0.125. The second-order valence-corrected chi connectivity index (χ2v) is 5.78. The van der Waals surface area contributed by atoms with E-state index in [0.29, 0.717) is 27.3 Å². The van der Waals surface area contributed by atoms with Gasteiger partial charge in [-0.05, 0) is 24.3 Å². The minimum Gasteiger partial charge on any atom is -0.276 e. The molecule has 5 nitrogen and oxygen atoms in total. The van der Waals surface area contributed by atoms with Crippen LogP contribution in [0.4, 0.5) is 5.69 Å². The van der Waals surface area contributed by atoms with Gasteiger partial charge in [0.1, 0.15) is 5.84 Å². The number of hydrogen-bond acceptors (Lipinski definition) is 4. The van der Waals surface area contributed by atoms with Crippen LogP contribution in [-0.4, -0.2) is 30.1 Å². The number of nitroso groups, excluding NO2 is 1. The third kappa shape index (κ3) is 3.11. The lowest BCUT2D eigenvalue weighted by atomic mass is 10.0. The number of benzene rings is 2. The monoisotopic (exact) mass is 346 g/mol. The Morgan fingerprint density at radius 3 is 2.65 bits per heavy atom. The third-order valence-electron chi connectivity index (χ3n) is 3.47. The summed E-state index contributed by atoms with van der Waals surface area (Å²) in [5.74, 6) is 0.450. The number of nitrogens with zero attached hydrogens (tertiary/aromatic N) is 4. The number of aliphatic imine (C=N–C) groups is 2. The highest BCUT2D eigenvalue weighted by Gasteiger charge is 2.20. The highest BCUT2D eigenvalue weighted by molar-refractivity contribution is 6.36. The molecule has 116 valence electrons. The van der Waals surface area contributed by atoms with Crippen LogP contribution in [0.1, 0.15) is 11.1 Å². The lowest BCUT2D eigenvalue weighted by Gasteiger charge is -2.10. The minimum absolute atomic E-state index is 0.217. The van der Waals surface area contributed by atoms with Crippen LogP contribution in [0, 0.1) is 4.91 Å². The fourth-order valence-electron chi connectivity index (χ4n) is 2.31. The highest BCUT2D eigenvalue weighted by Crippen LogP contribution is 2.30. The van der Waals surface area contributed by atoms with Gasteiger partial charge in [-0.15, -0.1) is 4.91 Å². The summed E-state index contributed by atoms with van der Waals surface area (Å²) in [5.41, 5.74) is 2.90. The molecule has 3 rings (SSSR count). The van der Waals surface area contributed by atoms with Gasteiger partial charge in [-0.25, -0.2) is 10.0 Å². The lowest BCUT2D eigenvalue weighted by molar-refractivity contribution is 0.529. The Labute approximate surface area is 143 Å². The first-order chi connectivity index (χ1) is 11.1. The first-order valence-corrected chi connectivity index (χ1v) is 7.59. The molecule has 0 saturated carbocycles. The largest absolute Gasteiger partial charge is 0.276 e. The maximum atomic E-state index is 10.8. The van der Waals surface area contributed by atoms with Crippen molar-refractivity contribution in [2.24, 2.45) is 15.3 Å². The molecule has 0 spiro atoms. The van der Waals surface area contributed by atoms with Gasteiger partial charge in [-0.3, -0.25) is 4.99 Å². The number of fused-ring (bicyclic) bond motifs is 1. The topological polar surface area (TPSA) is 57.4 Å². The number of hydrogen-bond donors (Lipinski definition) is 0. The summed E-state index contributed by atoms with van der Waals surface area (Å²) in [7, 11) is 1.54. The maximum Gasteiger partial charge on any atom is 0.150 e. The van der Waals surface area contributed by atoms with E-state index in [0.717, 1.165) is 16.1 Å². The van der Waals surface area contributed by atoms with Gasteiger partial charge in [0.2, 0.25) is 0 Å². The normalized spacial score (nSPS) is 13.5. The molecular weight excluding hydrogens is 335 g/mol. The molecule has 0 aromatic heterocycles. The second-order valence-electron chi connectivity index (χ2n) is 4.94. The molecule has 1 aliphatic rings. The van der Waals surface area contributed by atoms with Crippen molar-refractivity contribution >= 4 is 40.4 Å². The predicted molar refractivity (Wildman–Crippen MR) is 94.1 cm³/mol. The predicted octanol–water partition coefficient (Wildman–Crippen LogP) is 4.49. The summed E-state index contributed by atoms with van der Waals surface area (Å²) in [4.78, 5) is 19.9. The molecular formula is C16H12Cl2N4O. The quantitative estimate of drug-likeness (QED) is 0.594.